The molecular formula is C13H25NO3. The molecule has 0 saturated carbocycles. The predicted octanol–water partition coefficient (Wildman–Crippen LogP) is 1.73. The Morgan fingerprint density at radius 1 is 1.59 bits per heavy atom. The van der Waals surface area contributed by atoms with Crippen LogP contribution in [0.1, 0.15) is 39.5 Å². The van der Waals surface area contributed by atoms with Crippen LogP contribution in [-0.4, -0.2) is 38.4 Å². The number of amides is 1. The van der Waals surface area contributed by atoms with Gasteiger partial charge in [-0.3, -0.25) is 4.79 Å². The first-order valence-corrected chi connectivity index (χ1v) is 6.71. The lowest BCUT2D eigenvalue weighted by molar-refractivity contribution is -0.124. The van der Waals surface area contributed by atoms with Gasteiger partial charge < -0.3 is 14.8 Å². The molecule has 1 amide bonds. The van der Waals surface area contributed by atoms with Crippen LogP contribution in [-0.2, 0) is 14.3 Å². The monoisotopic (exact) mass is 243 g/mol. The van der Waals surface area contributed by atoms with Crippen molar-refractivity contribution in [3.63, 3.8) is 0 Å². The molecule has 0 bridgehead atoms. The number of rotatable bonds is 8. The maximum absolute atomic E-state index is 11.4. The molecule has 4 nitrogen and oxygen atoms in total. The van der Waals surface area contributed by atoms with Crippen LogP contribution in [0.15, 0.2) is 0 Å². The number of ether oxygens (including phenoxy) is 2. The average Bonchev–Trinajstić information content (AvgIpc) is 2.85. The molecular weight excluding hydrogens is 218 g/mol. The van der Waals surface area contributed by atoms with E-state index in [-0.39, 0.29) is 11.8 Å². The number of nitrogens with one attached hydrogen (secondary N) is 1. The summed E-state index contributed by atoms with van der Waals surface area (Å²) in [6.07, 6.45) is 4.32. The van der Waals surface area contributed by atoms with Crippen LogP contribution >= 0.6 is 0 Å². The molecule has 1 fully saturated rings. The molecule has 4 heteroatoms. The van der Waals surface area contributed by atoms with Crippen molar-refractivity contribution in [1.82, 2.24) is 5.32 Å². The number of hydrogen-bond donors (Lipinski definition) is 1. The molecule has 0 radical (unpaired) electrons. The first-order chi connectivity index (χ1) is 8.24. The summed E-state index contributed by atoms with van der Waals surface area (Å²) >= 11 is 0. The van der Waals surface area contributed by atoms with E-state index in [9.17, 15) is 4.79 Å². The highest BCUT2D eigenvalue weighted by atomic mass is 16.5. The lowest BCUT2D eigenvalue weighted by Gasteiger charge is -2.11. The van der Waals surface area contributed by atoms with E-state index in [0.717, 1.165) is 32.3 Å². The van der Waals surface area contributed by atoms with Gasteiger partial charge in [0.2, 0.25) is 5.91 Å². The Morgan fingerprint density at radius 2 is 2.41 bits per heavy atom. The summed E-state index contributed by atoms with van der Waals surface area (Å²) in [6.45, 7) is 6.94. The topological polar surface area (TPSA) is 47.6 Å². The summed E-state index contributed by atoms with van der Waals surface area (Å²) in [5.41, 5.74) is 0. The molecule has 17 heavy (non-hydrogen) atoms. The molecule has 1 aliphatic rings. The summed E-state index contributed by atoms with van der Waals surface area (Å²) in [6, 6.07) is 0. The SMILES string of the molecule is CCC(C)C(=O)NCCCOCC1CCCO1. The molecule has 0 aromatic heterocycles. The zero-order valence-corrected chi connectivity index (χ0v) is 11.0. The van der Waals surface area contributed by atoms with Gasteiger partial charge in [0.15, 0.2) is 0 Å². The molecule has 1 heterocycles. The second kappa shape index (κ2) is 8.48. The third-order valence-electron chi connectivity index (χ3n) is 3.15. The molecule has 0 aromatic carbocycles. The minimum Gasteiger partial charge on any atom is -0.379 e. The van der Waals surface area contributed by atoms with Gasteiger partial charge in [-0.05, 0) is 25.7 Å². The van der Waals surface area contributed by atoms with Crippen LogP contribution in [0, 0.1) is 5.92 Å². The molecule has 1 aliphatic heterocycles. The van der Waals surface area contributed by atoms with Crippen LogP contribution in [0.2, 0.25) is 0 Å². The minimum atomic E-state index is 0.114. The number of carbonyl (C=O) groups excluding carboxylic acids is 1. The van der Waals surface area contributed by atoms with Crippen molar-refractivity contribution in [2.45, 2.75) is 45.6 Å². The first-order valence-electron chi connectivity index (χ1n) is 6.71. The van der Waals surface area contributed by atoms with Crippen molar-refractivity contribution in [2.24, 2.45) is 5.92 Å². The van der Waals surface area contributed by atoms with E-state index in [2.05, 4.69) is 5.32 Å². The van der Waals surface area contributed by atoms with Crippen LogP contribution in [0.4, 0.5) is 0 Å². The fourth-order valence-electron chi connectivity index (χ4n) is 1.74. The maximum Gasteiger partial charge on any atom is 0.222 e. The third-order valence-corrected chi connectivity index (χ3v) is 3.15. The van der Waals surface area contributed by atoms with Gasteiger partial charge in [0.1, 0.15) is 0 Å². The Bertz CT molecular complexity index is 215. The molecule has 0 spiro atoms. The molecule has 0 aliphatic carbocycles. The van der Waals surface area contributed by atoms with Gasteiger partial charge in [0.25, 0.3) is 0 Å². The molecule has 2 atom stereocenters. The average molecular weight is 243 g/mol. The van der Waals surface area contributed by atoms with Gasteiger partial charge in [-0.1, -0.05) is 13.8 Å². The van der Waals surface area contributed by atoms with E-state index in [1.54, 1.807) is 0 Å². The van der Waals surface area contributed by atoms with Gasteiger partial charge >= 0.3 is 0 Å². The van der Waals surface area contributed by atoms with E-state index in [4.69, 9.17) is 9.47 Å². The summed E-state index contributed by atoms with van der Waals surface area (Å²) < 4.78 is 11.0. The Balaban J connectivity index is 1.88. The van der Waals surface area contributed by atoms with Crippen molar-refractivity contribution >= 4 is 5.91 Å². The fraction of sp³-hybridized carbons (Fsp3) is 0.923. The highest BCUT2D eigenvalue weighted by Crippen LogP contribution is 2.11. The summed E-state index contributed by atoms with van der Waals surface area (Å²) in [4.78, 5) is 11.4. The van der Waals surface area contributed by atoms with Crippen LogP contribution in [0.25, 0.3) is 0 Å². The second-order valence-corrected chi connectivity index (χ2v) is 4.66. The Hall–Kier alpha value is -0.610. The molecule has 0 aromatic rings. The summed E-state index contributed by atoms with van der Waals surface area (Å²) in [5, 5.41) is 2.91. The van der Waals surface area contributed by atoms with E-state index in [0.29, 0.717) is 25.9 Å². The fourth-order valence-corrected chi connectivity index (χ4v) is 1.74. The highest BCUT2D eigenvalue weighted by molar-refractivity contribution is 5.78. The molecule has 2 unspecified atom stereocenters. The van der Waals surface area contributed by atoms with Gasteiger partial charge in [0.05, 0.1) is 12.7 Å². The van der Waals surface area contributed by atoms with Gasteiger partial charge in [0, 0.05) is 25.7 Å². The van der Waals surface area contributed by atoms with E-state index in [1.165, 1.54) is 0 Å². The van der Waals surface area contributed by atoms with Crippen molar-refractivity contribution in [3.8, 4) is 0 Å². The lowest BCUT2D eigenvalue weighted by Crippen LogP contribution is -2.30. The largest absolute Gasteiger partial charge is 0.379 e. The molecule has 1 N–H and O–H groups in total. The summed E-state index contributed by atoms with van der Waals surface area (Å²) in [7, 11) is 0. The summed E-state index contributed by atoms with van der Waals surface area (Å²) in [5.74, 6) is 0.259. The number of carbonyl (C=O) groups is 1. The quantitative estimate of drug-likeness (QED) is 0.660. The maximum atomic E-state index is 11.4. The Labute approximate surface area is 104 Å². The highest BCUT2D eigenvalue weighted by Gasteiger charge is 2.15. The van der Waals surface area contributed by atoms with Gasteiger partial charge in [-0.2, -0.15) is 0 Å². The second-order valence-electron chi connectivity index (χ2n) is 4.66. The van der Waals surface area contributed by atoms with Crippen LogP contribution < -0.4 is 5.32 Å². The zero-order chi connectivity index (χ0) is 12.5. The zero-order valence-electron chi connectivity index (χ0n) is 11.0. The molecule has 1 saturated heterocycles. The Morgan fingerprint density at radius 3 is 3.06 bits per heavy atom. The molecule has 100 valence electrons. The normalized spacial score (nSPS) is 21.4. The van der Waals surface area contributed by atoms with Gasteiger partial charge in [-0.15, -0.1) is 0 Å². The first kappa shape index (κ1) is 14.5. The standard InChI is InChI=1S/C13H25NO3/c1-3-11(2)13(15)14-7-5-8-16-10-12-6-4-9-17-12/h11-12H,3-10H2,1-2H3,(H,14,15). The molecule has 1 rings (SSSR count). The van der Waals surface area contributed by atoms with Crippen LogP contribution in [0.3, 0.4) is 0 Å². The van der Waals surface area contributed by atoms with Crippen molar-refractivity contribution < 1.29 is 14.3 Å². The Kier molecular flexibility index (Phi) is 7.21. The van der Waals surface area contributed by atoms with E-state index in [1.807, 2.05) is 13.8 Å². The third kappa shape index (κ3) is 6.03. The predicted molar refractivity (Wildman–Crippen MR) is 66.9 cm³/mol. The van der Waals surface area contributed by atoms with Crippen molar-refractivity contribution in [1.29, 1.82) is 0 Å². The van der Waals surface area contributed by atoms with Gasteiger partial charge in [-0.25, -0.2) is 0 Å². The van der Waals surface area contributed by atoms with Crippen molar-refractivity contribution in [3.05, 3.63) is 0 Å². The van der Waals surface area contributed by atoms with E-state index >= 15 is 0 Å². The van der Waals surface area contributed by atoms with Crippen molar-refractivity contribution in [2.75, 3.05) is 26.4 Å². The lowest BCUT2D eigenvalue weighted by atomic mass is 10.1. The smallest absolute Gasteiger partial charge is 0.222 e. The number of hydrogen-bond acceptors (Lipinski definition) is 3. The minimum absolute atomic E-state index is 0.114. The van der Waals surface area contributed by atoms with Crippen LogP contribution in [0.5, 0.6) is 0 Å². The van der Waals surface area contributed by atoms with E-state index < -0.39 is 0 Å².